The third kappa shape index (κ3) is 7.10. The van der Waals surface area contributed by atoms with E-state index in [2.05, 4.69) is 11.9 Å². The second-order valence-electron chi connectivity index (χ2n) is 1.39. The molecule has 66 valence electrons. The van der Waals surface area contributed by atoms with Crippen molar-refractivity contribution in [2.24, 2.45) is 0 Å². The fraction of sp³-hybridized carbons (Fsp3) is 0.667. The number of imidazole rings is 1. The lowest BCUT2D eigenvalue weighted by molar-refractivity contribution is 0.761. The normalized spacial score (nSPS) is 7.00. The van der Waals surface area contributed by atoms with Gasteiger partial charge in [-0.2, -0.15) is 0 Å². The second-order valence-corrected chi connectivity index (χ2v) is 1.39. The number of hydrogen-bond donors (Lipinski definition) is 0. The van der Waals surface area contributed by atoms with Crippen LogP contribution in [0.4, 0.5) is 0 Å². The molecule has 0 saturated carbocycles. The molecule has 0 aliphatic rings. The number of rotatable bonds is 1. The summed E-state index contributed by atoms with van der Waals surface area (Å²) < 4.78 is 2.01. The summed E-state index contributed by atoms with van der Waals surface area (Å²) in [5.41, 5.74) is 0. The SMILES string of the molecule is CC.CC.CCn1ccnc1. The van der Waals surface area contributed by atoms with Crippen LogP contribution in [0.15, 0.2) is 18.7 Å². The van der Waals surface area contributed by atoms with Crippen molar-refractivity contribution in [1.29, 1.82) is 0 Å². The van der Waals surface area contributed by atoms with Gasteiger partial charge < -0.3 is 4.57 Å². The Morgan fingerprint density at radius 1 is 1.18 bits per heavy atom. The quantitative estimate of drug-likeness (QED) is 0.611. The first kappa shape index (κ1) is 12.8. The van der Waals surface area contributed by atoms with Gasteiger partial charge in [-0.25, -0.2) is 4.98 Å². The molecule has 0 aliphatic heterocycles. The number of aryl methyl sites for hydroxylation is 1. The predicted octanol–water partition coefficient (Wildman–Crippen LogP) is 2.96. The van der Waals surface area contributed by atoms with Crippen molar-refractivity contribution in [2.45, 2.75) is 41.2 Å². The monoisotopic (exact) mass is 156 g/mol. The van der Waals surface area contributed by atoms with Crippen LogP contribution >= 0.6 is 0 Å². The molecule has 0 saturated heterocycles. The summed E-state index contributed by atoms with van der Waals surface area (Å²) in [7, 11) is 0. The molecule has 2 heteroatoms. The van der Waals surface area contributed by atoms with E-state index < -0.39 is 0 Å². The topological polar surface area (TPSA) is 17.8 Å². The number of aromatic nitrogens is 2. The van der Waals surface area contributed by atoms with E-state index in [4.69, 9.17) is 0 Å². The zero-order chi connectivity index (χ0) is 9.11. The van der Waals surface area contributed by atoms with E-state index in [-0.39, 0.29) is 0 Å². The molecule has 1 rings (SSSR count). The average Bonchev–Trinajstić information content (AvgIpc) is 2.63. The third-order valence-electron chi connectivity index (χ3n) is 0.924. The minimum absolute atomic E-state index is 1.01. The molecular weight excluding hydrogens is 136 g/mol. The van der Waals surface area contributed by atoms with E-state index in [1.165, 1.54) is 0 Å². The molecule has 0 unspecified atom stereocenters. The average molecular weight is 156 g/mol. The smallest absolute Gasteiger partial charge is 0.0945 e. The molecular formula is C9H20N2. The Bertz CT molecular complexity index is 122. The van der Waals surface area contributed by atoms with Gasteiger partial charge in [-0.05, 0) is 6.92 Å². The first-order chi connectivity index (χ1) is 5.43. The van der Waals surface area contributed by atoms with Gasteiger partial charge in [0, 0.05) is 18.9 Å². The van der Waals surface area contributed by atoms with Gasteiger partial charge in [0.2, 0.25) is 0 Å². The maximum Gasteiger partial charge on any atom is 0.0945 e. The number of nitrogens with zero attached hydrogens (tertiary/aromatic N) is 2. The molecule has 1 aromatic rings. The Kier molecular flexibility index (Phi) is 13.9. The largest absolute Gasteiger partial charge is 0.338 e. The summed E-state index contributed by atoms with van der Waals surface area (Å²) >= 11 is 0. The summed E-state index contributed by atoms with van der Waals surface area (Å²) in [5.74, 6) is 0. The van der Waals surface area contributed by atoms with E-state index in [0.29, 0.717) is 0 Å². The second kappa shape index (κ2) is 11.9. The molecule has 0 atom stereocenters. The van der Waals surface area contributed by atoms with Crippen LogP contribution in [-0.4, -0.2) is 9.55 Å². The third-order valence-corrected chi connectivity index (χ3v) is 0.924. The standard InChI is InChI=1S/C5H8N2.2C2H6/c1-2-7-4-3-6-5-7;2*1-2/h3-5H,2H2,1H3;2*1-2H3. The van der Waals surface area contributed by atoms with Gasteiger partial charge in [-0.3, -0.25) is 0 Å². The predicted molar refractivity (Wildman–Crippen MR) is 50.6 cm³/mol. The van der Waals surface area contributed by atoms with Gasteiger partial charge in [-0.1, -0.05) is 27.7 Å². The highest BCUT2D eigenvalue weighted by molar-refractivity contribution is 4.72. The lowest BCUT2D eigenvalue weighted by Crippen LogP contribution is -1.85. The van der Waals surface area contributed by atoms with Crippen molar-refractivity contribution in [2.75, 3.05) is 0 Å². The molecule has 0 fully saturated rings. The Morgan fingerprint density at radius 3 is 1.91 bits per heavy atom. The molecule has 0 spiro atoms. The van der Waals surface area contributed by atoms with Crippen molar-refractivity contribution in [3.63, 3.8) is 0 Å². The highest BCUT2D eigenvalue weighted by Crippen LogP contribution is 1.81. The lowest BCUT2D eigenvalue weighted by atomic mass is 10.7. The van der Waals surface area contributed by atoms with Crippen LogP contribution < -0.4 is 0 Å². The molecule has 0 aliphatic carbocycles. The Labute approximate surface area is 70.3 Å². The van der Waals surface area contributed by atoms with Gasteiger partial charge in [0.05, 0.1) is 6.33 Å². The lowest BCUT2D eigenvalue weighted by Gasteiger charge is -1.87. The first-order valence-electron chi connectivity index (χ1n) is 4.39. The van der Waals surface area contributed by atoms with Crippen LogP contribution in [0.25, 0.3) is 0 Å². The molecule has 0 N–H and O–H groups in total. The summed E-state index contributed by atoms with van der Waals surface area (Å²) in [6.45, 7) is 11.1. The molecule has 1 heterocycles. The fourth-order valence-electron chi connectivity index (χ4n) is 0.474. The molecule has 11 heavy (non-hydrogen) atoms. The molecule has 0 amide bonds. The van der Waals surface area contributed by atoms with E-state index >= 15 is 0 Å². The zero-order valence-electron chi connectivity index (χ0n) is 8.33. The van der Waals surface area contributed by atoms with Crippen molar-refractivity contribution in [3.05, 3.63) is 18.7 Å². The van der Waals surface area contributed by atoms with Gasteiger partial charge >= 0.3 is 0 Å². The fourth-order valence-corrected chi connectivity index (χ4v) is 0.474. The van der Waals surface area contributed by atoms with Crippen LogP contribution in [0, 0.1) is 0 Å². The maximum absolute atomic E-state index is 3.86. The molecule has 0 bridgehead atoms. The minimum atomic E-state index is 1.01. The van der Waals surface area contributed by atoms with Crippen LogP contribution in [0.5, 0.6) is 0 Å². The highest BCUT2D eigenvalue weighted by atomic mass is 15.0. The van der Waals surface area contributed by atoms with Crippen LogP contribution in [0.1, 0.15) is 34.6 Å². The van der Waals surface area contributed by atoms with E-state index in [1.54, 1.807) is 12.5 Å². The van der Waals surface area contributed by atoms with Crippen LogP contribution in [-0.2, 0) is 6.54 Å². The Balaban J connectivity index is 0. The van der Waals surface area contributed by atoms with Crippen LogP contribution in [0.3, 0.4) is 0 Å². The van der Waals surface area contributed by atoms with Crippen molar-refractivity contribution >= 4 is 0 Å². The van der Waals surface area contributed by atoms with E-state index in [1.807, 2.05) is 38.5 Å². The first-order valence-corrected chi connectivity index (χ1v) is 4.39. The van der Waals surface area contributed by atoms with E-state index in [0.717, 1.165) is 6.54 Å². The van der Waals surface area contributed by atoms with Gasteiger partial charge in [-0.15, -0.1) is 0 Å². The van der Waals surface area contributed by atoms with Gasteiger partial charge in [0.1, 0.15) is 0 Å². The minimum Gasteiger partial charge on any atom is -0.338 e. The summed E-state index contributed by atoms with van der Waals surface area (Å²) in [6, 6.07) is 0. The zero-order valence-corrected chi connectivity index (χ0v) is 8.33. The van der Waals surface area contributed by atoms with Gasteiger partial charge in [0.25, 0.3) is 0 Å². The molecule has 0 radical (unpaired) electrons. The van der Waals surface area contributed by atoms with Gasteiger partial charge in [0.15, 0.2) is 0 Å². The molecule has 1 aromatic heterocycles. The summed E-state index contributed by atoms with van der Waals surface area (Å²) in [5, 5.41) is 0. The number of hydrogen-bond acceptors (Lipinski definition) is 1. The van der Waals surface area contributed by atoms with Crippen molar-refractivity contribution in [3.8, 4) is 0 Å². The van der Waals surface area contributed by atoms with Crippen molar-refractivity contribution < 1.29 is 0 Å². The van der Waals surface area contributed by atoms with Crippen LogP contribution in [0.2, 0.25) is 0 Å². The Hall–Kier alpha value is -0.790. The highest BCUT2D eigenvalue weighted by Gasteiger charge is 1.77. The van der Waals surface area contributed by atoms with E-state index in [9.17, 15) is 0 Å². The van der Waals surface area contributed by atoms with Crippen molar-refractivity contribution in [1.82, 2.24) is 9.55 Å². The summed E-state index contributed by atoms with van der Waals surface area (Å²) in [4.78, 5) is 3.86. The summed E-state index contributed by atoms with van der Waals surface area (Å²) in [6.07, 6.45) is 5.53. The maximum atomic E-state index is 3.86. The molecule has 2 nitrogen and oxygen atoms in total. The molecule has 0 aromatic carbocycles. The Morgan fingerprint density at radius 2 is 1.73 bits per heavy atom.